The molecule has 6 heteroatoms. The number of aromatic nitrogens is 1. The highest BCUT2D eigenvalue weighted by Gasteiger charge is 2.24. The quantitative estimate of drug-likeness (QED) is 0.729. The van der Waals surface area contributed by atoms with E-state index < -0.39 is 0 Å². The Morgan fingerprint density at radius 3 is 2.22 bits per heavy atom. The van der Waals surface area contributed by atoms with Crippen molar-refractivity contribution in [3.05, 3.63) is 65.5 Å². The van der Waals surface area contributed by atoms with Crippen molar-refractivity contribution in [1.82, 2.24) is 15.4 Å². The predicted molar refractivity (Wildman–Crippen MR) is 109 cm³/mol. The molecule has 3 aromatic rings. The number of hydrogen-bond donors (Lipinski definition) is 2. The van der Waals surface area contributed by atoms with E-state index in [9.17, 15) is 4.79 Å². The van der Waals surface area contributed by atoms with E-state index in [-0.39, 0.29) is 5.91 Å². The molecule has 0 saturated carbocycles. The van der Waals surface area contributed by atoms with E-state index >= 15 is 0 Å². The highest BCUT2D eigenvalue weighted by molar-refractivity contribution is 7.17. The SMILES string of the molecule is C[NH+]1CCN(NC(=O)c2sc(-c3ccccc3)nc2-c2ccccc2)CC1. The average Bonchev–Trinajstić information content (AvgIpc) is 3.17. The van der Waals surface area contributed by atoms with Gasteiger partial charge >= 0.3 is 0 Å². The number of carbonyl (C=O) groups excluding carboxylic acids is 1. The van der Waals surface area contributed by atoms with Crippen LogP contribution in [-0.2, 0) is 0 Å². The van der Waals surface area contributed by atoms with Gasteiger partial charge in [0, 0.05) is 11.1 Å². The van der Waals surface area contributed by atoms with Gasteiger partial charge in [-0.15, -0.1) is 11.3 Å². The van der Waals surface area contributed by atoms with Crippen molar-refractivity contribution >= 4 is 17.2 Å². The Hall–Kier alpha value is -2.54. The summed E-state index contributed by atoms with van der Waals surface area (Å²) in [5.74, 6) is -0.0758. The molecule has 1 aliphatic heterocycles. The van der Waals surface area contributed by atoms with Gasteiger partial charge in [0.25, 0.3) is 5.91 Å². The lowest BCUT2D eigenvalue weighted by Crippen LogP contribution is -3.12. The molecule has 0 atom stereocenters. The number of hydrazine groups is 1. The fraction of sp³-hybridized carbons (Fsp3) is 0.238. The molecule has 0 radical (unpaired) electrons. The van der Waals surface area contributed by atoms with Crippen LogP contribution in [0, 0.1) is 0 Å². The van der Waals surface area contributed by atoms with Crippen molar-refractivity contribution < 1.29 is 9.69 Å². The third-order valence-corrected chi connectivity index (χ3v) is 5.88. The van der Waals surface area contributed by atoms with Crippen molar-refractivity contribution in [3.8, 4) is 21.8 Å². The number of rotatable bonds is 4. The molecule has 2 N–H and O–H groups in total. The van der Waals surface area contributed by atoms with Crippen LogP contribution >= 0.6 is 11.3 Å². The molecule has 1 amide bonds. The fourth-order valence-electron chi connectivity index (χ4n) is 3.16. The summed E-state index contributed by atoms with van der Waals surface area (Å²) in [7, 11) is 2.18. The van der Waals surface area contributed by atoms with Gasteiger partial charge in [0.2, 0.25) is 0 Å². The Morgan fingerprint density at radius 1 is 1.00 bits per heavy atom. The average molecular weight is 380 g/mol. The van der Waals surface area contributed by atoms with E-state index in [1.807, 2.05) is 65.7 Å². The van der Waals surface area contributed by atoms with Gasteiger partial charge in [-0.2, -0.15) is 0 Å². The highest BCUT2D eigenvalue weighted by atomic mass is 32.1. The summed E-state index contributed by atoms with van der Waals surface area (Å²) in [6.07, 6.45) is 0. The van der Waals surface area contributed by atoms with Crippen LogP contribution in [0.3, 0.4) is 0 Å². The summed E-state index contributed by atoms with van der Waals surface area (Å²) >= 11 is 1.45. The van der Waals surface area contributed by atoms with Gasteiger partial charge in [0.05, 0.1) is 38.9 Å². The first-order chi connectivity index (χ1) is 13.2. The van der Waals surface area contributed by atoms with Crippen molar-refractivity contribution in [2.75, 3.05) is 33.2 Å². The maximum atomic E-state index is 13.0. The van der Waals surface area contributed by atoms with Gasteiger partial charge in [0.15, 0.2) is 0 Å². The van der Waals surface area contributed by atoms with E-state index in [0.29, 0.717) is 4.88 Å². The molecule has 0 aliphatic carbocycles. The van der Waals surface area contributed by atoms with E-state index in [1.54, 1.807) is 0 Å². The number of carbonyl (C=O) groups is 1. The molecule has 2 aromatic carbocycles. The molecule has 1 fully saturated rings. The van der Waals surface area contributed by atoms with Crippen LogP contribution in [0.15, 0.2) is 60.7 Å². The Balaban J connectivity index is 1.65. The van der Waals surface area contributed by atoms with Gasteiger partial charge in [-0.3, -0.25) is 10.2 Å². The number of nitrogens with one attached hydrogen (secondary N) is 2. The molecule has 0 bridgehead atoms. The minimum atomic E-state index is -0.0758. The number of amides is 1. The molecule has 1 aliphatic rings. The van der Waals surface area contributed by atoms with Crippen LogP contribution in [0.5, 0.6) is 0 Å². The van der Waals surface area contributed by atoms with Gasteiger partial charge in [-0.1, -0.05) is 60.7 Å². The molecule has 138 valence electrons. The zero-order valence-electron chi connectivity index (χ0n) is 15.3. The first-order valence-corrected chi connectivity index (χ1v) is 10.0. The molecule has 4 rings (SSSR count). The lowest BCUT2D eigenvalue weighted by Gasteiger charge is -2.29. The number of nitrogens with zero attached hydrogens (tertiary/aromatic N) is 2. The lowest BCUT2D eigenvalue weighted by molar-refractivity contribution is -0.884. The third kappa shape index (κ3) is 4.08. The second kappa shape index (κ2) is 8.00. The largest absolute Gasteiger partial charge is 0.335 e. The van der Waals surface area contributed by atoms with Crippen LogP contribution in [0.1, 0.15) is 9.67 Å². The zero-order valence-corrected chi connectivity index (χ0v) is 16.1. The van der Waals surface area contributed by atoms with Gasteiger partial charge in [-0.25, -0.2) is 9.99 Å². The van der Waals surface area contributed by atoms with Gasteiger partial charge in [0.1, 0.15) is 9.88 Å². The number of quaternary nitrogens is 1. The second-order valence-electron chi connectivity index (χ2n) is 6.81. The van der Waals surface area contributed by atoms with E-state index in [0.717, 1.165) is 48.0 Å². The normalized spacial score (nSPS) is 15.6. The van der Waals surface area contributed by atoms with Crippen molar-refractivity contribution in [3.63, 3.8) is 0 Å². The maximum Gasteiger partial charge on any atom is 0.277 e. The first kappa shape index (κ1) is 17.9. The minimum Gasteiger partial charge on any atom is -0.335 e. The van der Waals surface area contributed by atoms with Crippen molar-refractivity contribution in [1.29, 1.82) is 0 Å². The highest BCUT2D eigenvalue weighted by Crippen LogP contribution is 2.33. The standard InChI is InChI=1S/C21H22N4OS/c1-24-12-14-25(15-13-24)23-20(26)19-18(16-8-4-2-5-9-16)22-21(27-19)17-10-6-3-7-11-17/h2-11H,12-15H2,1H3,(H,23,26)/p+1. The van der Waals surface area contributed by atoms with Crippen LogP contribution < -0.4 is 10.3 Å². The van der Waals surface area contributed by atoms with Gasteiger partial charge < -0.3 is 4.90 Å². The topological polar surface area (TPSA) is 49.7 Å². The summed E-state index contributed by atoms with van der Waals surface area (Å²) in [4.78, 5) is 20.0. The van der Waals surface area contributed by atoms with Crippen molar-refractivity contribution in [2.24, 2.45) is 0 Å². The molecular weight excluding hydrogens is 356 g/mol. The molecule has 2 heterocycles. The Bertz CT molecular complexity index is 902. The predicted octanol–water partition coefficient (Wildman–Crippen LogP) is 1.95. The van der Waals surface area contributed by atoms with Crippen LogP contribution in [0.2, 0.25) is 0 Å². The maximum absolute atomic E-state index is 13.0. The smallest absolute Gasteiger partial charge is 0.277 e. The molecule has 5 nitrogen and oxygen atoms in total. The first-order valence-electron chi connectivity index (χ1n) is 9.19. The van der Waals surface area contributed by atoms with E-state index in [2.05, 4.69) is 12.5 Å². The number of piperazine rings is 1. The summed E-state index contributed by atoms with van der Waals surface area (Å²) in [5.41, 5.74) is 5.82. The van der Waals surface area contributed by atoms with E-state index in [4.69, 9.17) is 4.98 Å². The van der Waals surface area contributed by atoms with Crippen molar-refractivity contribution in [2.45, 2.75) is 0 Å². The Kier molecular flexibility index (Phi) is 5.29. The summed E-state index contributed by atoms with van der Waals surface area (Å²) in [5, 5.41) is 2.88. The number of hydrogen-bond acceptors (Lipinski definition) is 4. The number of thiazole rings is 1. The fourth-order valence-corrected chi connectivity index (χ4v) is 4.15. The molecule has 1 aromatic heterocycles. The van der Waals surface area contributed by atoms with E-state index in [1.165, 1.54) is 16.2 Å². The Labute approximate surface area is 163 Å². The summed E-state index contributed by atoms with van der Waals surface area (Å²) in [6, 6.07) is 19.9. The lowest BCUT2D eigenvalue weighted by atomic mass is 10.1. The molecular formula is C21H23N4OS+. The minimum absolute atomic E-state index is 0.0758. The third-order valence-electron chi connectivity index (χ3n) is 4.78. The molecule has 0 unspecified atom stereocenters. The zero-order chi connectivity index (χ0) is 18.6. The van der Waals surface area contributed by atoms with Crippen LogP contribution in [0.4, 0.5) is 0 Å². The summed E-state index contributed by atoms with van der Waals surface area (Å²) < 4.78 is 0. The summed E-state index contributed by atoms with van der Waals surface area (Å²) in [6.45, 7) is 3.79. The van der Waals surface area contributed by atoms with Crippen LogP contribution in [0.25, 0.3) is 21.8 Å². The number of likely N-dealkylation sites (N-methyl/N-ethyl adjacent to an activating group) is 1. The molecule has 27 heavy (non-hydrogen) atoms. The van der Waals surface area contributed by atoms with Crippen LogP contribution in [-0.4, -0.2) is 49.1 Å². The monoisotopic (exact) mass is 379 g/mol. The van der Waals surface area contributed by atoms with Gasteiger partial charge in [-0.05, 0) is 0 Å². The molecule has 0 spiro atoms. The molecule has 1 saturated heterocycles. The Morgan fingerprint density at radius 2 is 1.59 bits per heavy atom. The number of benzene rings is 2. The second-order valence-corrected chi connectivity index (χ2v) is 7.81.